The molecule has 8 nitrogen and oxygen atoms in total. The summed E-state index contributed by atoms with van der Waals surface area (Å²) in [4.78, 5) is 19.0. The zero-order valence-electron chi connectivity index (χ0n) is 16.1. The summed E-state index contributed by atoms with van der Waals surface area (Å²) in [6.45, 7) is 1.06. The fourth-order valence-corrected chi connectivity index (χ4v) is 3.31. The van der Waals surface area contributed by atoms with Gasteiger partial charge in [-0.15, -0.1) is 13.2 Å². The van der Waals surface area contributed by atoms with E-state index in [-0.39, 0.29) is 11.3 Å². The summed E-state index contributed by atoms with van der Waals surface area (Å²) in [5.74, 6) is -0.263. The molecule has 1 fully saturated rings. The van der Waals surface area contributed by atoms with E-state index in [1.54, 1.807) is 18.3 Å². The number of carbonyl (C=O) groups is 1. The Kier molecular flexibility index (Phi) is 5.51. The molecule has 0 saturated carbocycles. The molecule has 1 atom stereocenters. The number of aromatic nitrogens is 3. The van der Waals surface area contributed by atoms with E-state index in [1.807, 2.05) is 4.90 Å². The van der Waals surface area contributed by atoms with E-state index in [1.165, 1.54) is 18.3 Å². The number of halogens is 3. The van der Waals surface area contributed by atoms with E-state index >= 15 is 0 Å². The summed E-state index contributed by atoms with van der Waals surface area (Å²) < 4.78 is 40.6. The van der Waals surface area contributed by atoms with E-state index in [9.17, 15) is 23.1 Å². The normalized spacial score (nSPS) is 16.4. The number of nitrogens with one attached hydrogen (secondary N) is 2. The second kappa shape index (κ2) is 8.26. The number of aliphatic hydroxyl groups excluding tert-OH is 1. The number of pyridine rings is 1. The van der Waals surface area contributed by atoms with Crippen molar-refractivity contribution < 1.29 is 27.8 Å². The van der Waals surface area contributed by atoms with Gasteiger partial charge in [0.05, 0.1) is 17.4 Å². The molecule has 1 aromatic carbocycles. The summed E-state index contributed by atoms with van der Waals surface area (Å²) in [6, 6.07) is 8.21. The topological polar surface area (TPSA) is 103 Å². The molecule has 1 aliphatic heterocycles. The van der Waals surface area contributed by atoms with Gasteiger partial charge in [0.25, 0.3) is 5.91 Å². The lowest BCUT2D eigenvalue weighted by atomic mass is 10.1. The molecule has 1 amide bonds. The molecule has 0 aliphatic carbocycles. The van der Waals surface area contributed by atoms with Crippen LogP contribution in [0.2, 0.25) is 0 Å². The van der Waals surface area contributed by atoms with Crippen LogP contribution in [0.25, 0.3) is 11.3 Å². The third kappa shape index (κ3) is 4.94. The number of β-amino-alcohol motifs (C(OH)–C–C–N with tert-alkyl or cyclic N) is 1. The molecule has 0 spiro atoms. The Balaban J connectivity index is 1.55. The maximum absolute atomic E-state index is 12.7. The van der Waals surface area contributed by atoms with E-state index < -0.39 is 18.4 Å². The van der Waals surface area contributed by atoms with Crippen molar-refractivity contribution in [3.8, 4) is 17.0 Å². The molecule has 11 heteroatoms. The van der Waals surface area contributed by atoms with Crippen LogP contribution < -0.4 is 15.0 Å². The van der Waals surface area contributed by atoms with Crippen molar-refractivity contribution in [3.05, 3.63) is 54.4 Å². The molecule has 1 saturated heterocycles. The minimum absolute atomic E-state index is 0.247. The first-order chi connectivity index (χ1) is 14.8. The summed E-state index contributed by atoms with van der Waals surface area (Å²) >= 11 is 0. The van der Waals surface area contributed by atoms with Crippen LogP contribution >= 0.6 is 0 Å². The van der Waals surface area contributed by atoms with Crippen molar-refractivity contribution >= 4 is 17.4 Å². The number of carbonyl (C=O) groups excluding carboxylic acids is 1. The molecule has 1 unspecified atom stereocenters. The number of hydrogen-bond acceptors (Lipinski definition) is 6. The second-order valence-electron chi connectivity index (χ2n) is 6.97. The first-order valence-corrected chi connectivity index (χ1v) is 9.39. The number of nitrogens with zero attached hydrogens (tertiary/aromatic N) is 3. The smallest absolute Gasteiger partial charge is 0.406 e. The van der Waals surface area contributed by atoms with E-state index in [2.05, 4.69) is 25.2 Å². The summed E-state index contributed by atoms with van der Waals surface area (Å²) in [6.07, 6.45) is -1.55. The van der Waals surface area contributed by atoms with Crippen LogP contribution in [0.1, 0.15) is 16.8 Å². The van der Waals surface area contributed by atoms with Gasteiger partial charge in [-0.3, -0.25) is 9.89 Å². The van der Waals surface area contributed by atoms with E-state index in [0.717, 1.165) is 12.1 Å². The van der Waals surface area contributed by atoms with Gasteiger partial charge in [0.2, 0.25) is 0 Å². The van der Waals surface area contributed by atoms with Crippen LogP contribution in [-0.4, -0.2) is 51.8 Å². The number of aromatic amines is 1. The highest BCUT2D eigenvalue weighted by molar-refractivity contribution is 6.05. The molecule has 4 rings (SSSR count). The van der Waals surface area contributed by atoms with Crippen LogP contribution in [0, 0.1) is 0 Å². The molecule has 3 N–H and O–H groups in total. The van der Waals surface area contributed by atoms with Gasteiger partial charge in [-0.2, -0.15) is 5.10 Å². The number of H-pyrrole nitrogens is 1. The van der Waals surface area contributed by atoms with Crippen LogP contribution in [-0.2, 0) is 0 Å². The maximum Gasteiger partial charge on any atom is 0.573 e. The lowest BCUT2D eigenvalue weighted by molar-refractivity contribution is -0.274. The number of ether oxygens (including phenoxy) is 1. The van der Waals surface area contributed by atoms with Crippen molar-refractivity contribution in [3.63, 3.8) is 0 Å². The largest absolute Gasteiger partial charge is 0.573 e. The average Bonchev–Trinajstić information content (AvgIpc) is 3.40. The van der Waals surface area contributed by atoms with Crippen molar-refractivity contribution in [1.82, 2.24) is 15.2 Å². The molecule has 0 bridgehead atoms. The molecule has 1 aliphatic rings. The fourth-order valence-electron chi connectivity index (χ4n) is 3.31. The van der Waals surface area contributed by atoms with Gasteiger partial charge in [-0.25, -0.2) is 4.98 Å². The Morgan fingerprint density at radius 1 is 1.26 bits per heavy atom. The SMILES string of the molecule is O=C(Nc1ccc(OC(F)(F)F)cc1)c1cnc(N2CCC(O)C2)c(-c2cc[nH]n2)c1. The highest BCUT2D eigenvalue weighted by Gasteiger charge is 2.31. The quantitative estimate of drug-likeness (QED) is 0.571. The van der Waals surface area contributed by atoms with Crippen LogP contribution in [0.3, 0.4) is 0 Å². The highest BCUT2D eigenvalue weighted by Crippen LogP contribution is 2.31. The van der Waals surface area contributed by atoms with E-state index in [0.29, 0.717) is 42.3 Å². The lowest BCUT2D eigenvalue weighted by Crippen LogP contribution is -2.23. The molecule has 0 radical (unpaired) electrons. The van der Waals surface area contributed by atoms with Gasteiger partial charge < -0.3 is 20.1 Å². The Bertz CT molecular complexity index is 1050. The van der Waals surface area contributed by atoms with Gasteiger partial charge in [-0.1, -0.05) is 0 Å². The minimum atomic E-state index is -4.79. The third-order valence-corrected chi connectivity index (χ3v) is 4.71. The zero-order valence-corrected chi connectivity index (χ0v) is 16.1. The molecule has 31 heavy (non-hydrogen) atoms. The van der Waals surface area contributed by atoms with Crippen molar-refractivity contribution in [1.29, 1.82) is 0 Å². The number of amides is 1. The minimum Gasteiger partial charge on any atom is -0.406 e. The van der Waals surface area contributed by atoms with E-state index in [4.69, 9.17) is 0 Å². The summed E-state index contributed by atoms with van der Waals surface area (Å²) in [5.41, 5.74) is 1.76. The zero-order chi connectivity index (χ0) is 22.0. The predicted molar refractivity (Wildman–Crippen MR) is 106 cm³/mol. The standard InChI is InChI=1S/C20H18F3N5O3/c21-20(22,23)31-15-3-1-13(2-4-15)26-19(30)12-9-16(17-5-7-25-27-17)18(24-10-12)28-8-6-14(29)11-28/h1-5,7,9-10,14,29H,6,8,11H2,(H,25,27)(H,26,30). The summed E-state index contributed by atoms with van der Waals surface area (Å²) in [5, 5.41) is 19.4. The highest BCUT2D eigenvalue weighted by atomic mass is 19.4. The lowest BCUT2D eigenvalue weighted by Gasteiger charge is -2.20. The number of alkyl halides is 3. The number of anilines is 2. The van der Waals surface area contributed by atoms with Crippen molar-refractivity contribution in [2.24, 2.45) is 0 Å². The predicted octanol–water partition coefficient (Wildman–Crippen LogP) is 3.19. The molecule has 3 aromatic rings. The molecular formula is C20H18F3N5O3. The fraction of sp³-hybridized carbons (Fsp3) is 0.250. The Morgan fingerprint density at radius 2 is 2.03 bits per heavy atom. The van der Waals surface area contributed by atoms with Crippen LogP contribution in [0.4, 0.5) is 24.7 Å². The summed E-state index contributed by atoms with van der Waals surface area (Å²) in [7, 11) is 0. The maximum atomic E-state index is 12.7. The Labute approximate surface area is 174 Å². The monoisotopic (exact) mass is 433 g/mol. The molecular weight excluding hydrogens is 415 g/mol. The molecule has 162 valence electrons. The Hall–Kier alpha value is -3.60. The number of benzene rings is 1. The first-order valence-electron chi connectivity index (χ1n) is 9.39. The van der Waals surface area contributed by atoms with Crippen molar-refractivity contribution in [2.45, 2.75) is 18.9 Å². The molecule has 2 aromatic heterocycles. The van der Waals surface area contributed by atoms with Crippen LogP contribution in [0.5, 0.6) is 5.75 Å². The average molecular weight is 433 g/mol. The Morgan fingerprint density at radius 3 is 2.65 bits per heavy atom. The van der Waals surface area contributed by atoms with Gasteiger partial charge in [0.15, 0.2) is 0 Å². The number of hydrogen-bond donors (Lipinski definition) is 3. The molecule has 3 heterocycles. The van der Waals surface area contributed by atoms with Crippen LogP contribution in [0.15, 0.2) is 48.8 Å². The third-order valence-electron chi connectivity index (χ3n) is 4.71. The van der Waals surface area contributed by atoms with Gasteiger partial charge in [0, 0.05) is 36.7 Å². The van der Waals surface area contributed by atoms with Gasteiger partial charge in [0.1, 0.15) is 11.6 Å². The van der Waals surface area contributed by atoms with Gasteiger partial charge in [-0.05, 0) is 42.8 Å². The number of rotatable bonds is 5. The first kappa shape index (κ1) is 20.7. The van der Waals surface area contributed by atoms with Crippen molar-refractivity contribution in [2.75, 3.05) is 23.3 Å². The number of aliphatic hydroxyl groups is 1. The second-order valence-corrected chi connectivity index (χ2v) is 6.97. The van der Waals surface area contributed by atoms with Gasteiger partial charge >= 0.3 is 6.36 Å².